The summed E-state index contributed by atoms with van der Waals surface area (Å²) in [6.45, 7) is 7.75. The summed E-state index contributed by atoms with van der Waals surface area (Å²) in [4.78, 5) is 30.2. The molecule has 0 radical (unpaired) electrons. The minimum Gasteiger partial charge on any atom is -0.321 e. The smallest absolute Gasteiger partial charge is 0.321 e. The van der Waals surface area contributed by atoms with Crippen molar-refractivity contribution in [1.29, 1.82) is 0 Å². The van der Waals surface area contributed by atoms with Gasteiger partial charge in [-0.25, -0.2) is 9.78 Å². The molecule has 17 heavy (non-hydrogen) atoms. The normalized spacial score (nSPS) is 10.6. The monoisotopic (exact) mass is 232 g/mol. The van der Waals surface area contributed by atoms with Gasteiger partial charge < -0.3 is 4.57 Å². The van der Waals surface area contributed by atoms with Gasteiger partial charge in [0.15, 0.2) is 11.2 Å². The second-order valence-corrected chi connectivity index (χ2v) is 3.52. The van der Waals surface area contributed by atoms with Gasteiger partial charge in [-0.1, -0.05) is 12.2 Å². The zero-order valence-corrected chi connectivity index (χ0v) is 9.22. The van der Waals surface area contributed by atoms with Gasteiger partial charge in [-0.2, -0.15) is 0 Å². The van der Waals surface area contributed by atoms with Crippen LogP contribution < -0.4 is 11.2 Å². The Labute approximate surface area is 96.5 Å². The lowest BCUT2D eigenvalue weighted by atomic mass is 10.4. The summed E-state index contributed by atoms with van der Waals surface area (Å²) in [5.74, 6) is 0. The van der Waals surface area contributed by atoms with E-state index in [-0.39, 0.29) is 12.1 Å². The number of hydrogen-bond donors (Lipinski definition) is 1. The van der Waals surface area contributed by atoms with Gasteiger partial charge in [-0.15, -0.1) is 13.2 Å². The zero-order chi connectivity index (χ0) is 12.4. The first-order chi connectivity index (χ1) is 8.19. The molecule has 2 aromatic heterocycles. The molecule has 0 amide bonds. The van der Waals surface area contributed by atoms with Crippen LogP contribution >= 0.6 is 0 Å². The minimum absolute atomic E-state index is 0.170. The van der Waals surface area contributed by atoms with E-state index in [0.29, 0.717) is 17.7 Å². The summed E-state index contributed by atoms with van der Waals surface area (Å²) < 4.78 is 2.72. The van der Waals surface area contributed by atoms with Crippen LogP contribution in [0.3, 0.4) is 0 Å². The van der Waals surface area contributed by atoms with Crippen LogP contribution in [0.25, 0.3) is 11.2 Å². The molecule has 0 atom stereocenters. The molecule has 0 aliphatic carbocycles. The Kier molecular flexibility index (Phi) is 2.78. The van der Waals surface area contributed by atoms with E-state index in [1.807, 2.05) is 0 Å². The standard InChI is InChI=1S/C11H12N4O2/c1-3-5-14-7-12-9-8(14)10(16)15(6-4-2)11(17)13-9/h3-4,7H,1-2,5-6H2,(H,13,17). The lowest BCUT2D eigenvalue weighted by Gasteiger charge is -2.02. The maximum absolute atomic E-state index is 12.1. The number of aromatic nitrogens is 4. The van der Waals surface area contributed by atoms with Crippen LogP contribution in [-0.2, 0) is 13.1 Å². The zero-order valence-electron chi connectivity index (χ0n) is 9.22. The van der Waals surface area contributed by atoms with Gasteiger partial charge in [-0.05, 0) is 0 Å². The molecule has 6 nitrogen and oxygen atoms in total. The van der Waals surface area contributed by atoms with E-state index in [9.17, 15) is 9.59 Å². The molecule has 0 saturated carbocycles. The van der Waals surface area contributed by atoms with Gasteiger partial charge in [0.25, 0.3) is 5.56 Å². The number of H-pyrrole nitrogens is 1. The molecule has 0 unspecified atom stereocenters. The molecule has 0 bridgehead atoms. The Bertz CT molecular complexity index is 690. The third-order valence-corrected chi connectivity index (χ3v) is 2.39. The number of rotatable bonds is 4. The number of nitrogens with one attached hydrogen (secondary N) is 1. The van der Waals surface area contributed by atoms with Crippen LogP contribution in [0, 0.1) is 0 Å². The Hall–Kier alpha value is -2.37. The van der Waals surface area contributed by atoms with Crippen molar-refractivity contribution in [3.63, 3.8) is 0 Å². The number of allylic oxidation sites excluding steroid dienone is 2. The van der Waals surface area contributed by atoms with E-state index in [4.69, 9.17) is 0 Å². The van der Waals surface area contributed by atoms with Crippen molar-refractivity contribution in [2.24, 2.45) is 0 Å². The molecule has 2 aromatic rings. The first-order valence-corrected chi connectivity index (χ1v) is 5.08. The highest BCUT2D eigenvalue weighted by Crippen LogP contribution is 2.02. The fraction of sp³-hybridized carbons (Fsp3) is 0.182. The molecule has 6 heteroatoms. The molecule has 2 rings (SSSR count). The maximum atomic E-state index is 12.1. The topological polar surface area (TPSA) is 72.7 Å². The van der Waals surface area contributed by atoms with Gasteiger partial charge in [0.2, 0.25) is 0 Å². The Morgan fingerprint density at radius 1 is 1.29 bits per heavy atom. The van der Waals surface area contributed by atoms with Gasteiger partial charge in [0.05, 0.1) is 6.33 Å². The maximum Gasteiger partial charge on any atom is 0.330 e. The molecule has 0 saturated heterocycles. The summed E-state index contributed by atoms with van der Waals surface area (Å²) in [6.07, 6.45) is 4.65. The van der Waals surface area contributed by atoms with Gasteiger partial charge in [-0.3, -0.25) is 14.3 Å². The Morgan fingerprint density at radius 3 is 2.65 bits per heavy atom. The second-order valence-electron chi connectivity index (χ2n) is 3.52. The summed E-state index contributed by atoms with van der Waals surface area (Å²) in [6, 6.07) is 0. The van der Waals surface area contributed by atoms with Crippen LogP contribution in [0.2, 0.25) is 0 Å². The molecule has 0 spiro atoms. The number of imidazole rings is 1. The van der Waals surface area contributed by atoms with E-state index in [1.165, 1.54) is 12.4 Å². The number of fused-ring (bicyclic) bond motifs is 1. The average molecular weight is 232 g/mol. The molecule has 1 N–H and O–H groups in total. The summed E-state index contributed by atoms with van der Waals surface area (Å²) in [5, 5.41) is 0. The largest absolute Gasteiger partial charge is 0.330 e. The van der Waals surface area contributed by atoms with Crippen molar-refractivity contribution in [3.8, 4) is 0 Å². The van der Waals surface area contributed by atoms with Gasteiger partial charge in [0.1, 0.15) is 0 Å². The fourth-order valence-corrected chi connectivity index (χ4v) is 1.66. The molecule has 0 fully saturated rings. The fourth-order valence-electron chi connectivity index (χ4n) is 1.66. The molecule has 2 heterocycles. The quantitative estimate of drug-likeness (QED) is 0.768. The lowest BCUT2D eigenvalue weighted by Crippen LogP contribution is -2.35. The highest BCUT2D eigenvalue weighted by molar-refractivity contribution is 5.69. The molecule has 0 aliphatic heterocycles. The van der Waals surface area contributed by atoms with Crippen molar-refractivity contribution in [1.82, 2.24) is 19.1 Å². The number of hydrogen-bond acceptors (Lipinski definition) is 3. The second kappa shape index (κ2) is 4.25. The van der Waals surface area contributed by atoms with Crippen molar-refractivity contribution < 1.29 is 0 Å². The SMILES string of the molecule is C=CCn1c(=O)[nH]c2ncn(CC=C)c2c1=O. The van der Waals surface area contributed by atoms with E-state index in [1.54, 1.807) is 10.6 Å². The predicted molar refractivity (Wildman–Crippen MR) is 65.0 cm³/mol. The average Bonchev–Trinajstić information content (AvgIpc) is 2.68. The van der Waals surface area contributed by atoms with Crippen molar-refractivity contribution in [3.05, 3.63) is 52.5 Å². The summed E-state index contributed by atoms with van der Waals surface area (Å²) >= 11 is 0. The molecular formula is C11H12N4O2. The van der Waals surface area contributed by atoms with Crippen LogP contribution in [0.5, 0.6) is 0 Å². The first-order valence-electron chi connectivity index (χ1n) is 5.08. The van der Waals surface area contributed by atoms with Crippen molar-refractivity contribution in [2.45, 2.75) is 13.1 Å². The molecule has 0 aromatic carbocycles. The predicted octanol–water partition coefficient (Wildman–Crippen LogP) is 0.258. The van der Waals surface area contributed by atoms with E-state index in [0.717, 1.165) is 4.57 Å². The molecule has 88 valence electrons. The number of nitrogens with zero attached hydrogens (tertiary/aromatic N) is 3. The molecule has 0 aliphatic rings. The lowest BCUT2D eigenvalue weighted by molar-refractivity contribution is 0.718. The van der Waals surface area contributed by atoms with Gasteiger partial charge >= 0.3 is 5.69 Å². The number of aromatic amines is 1. The summed E-state index contributed by atoms with van der Waals surface area (Å²) in [7, 11) is 0. The molecular weight excluding hydrogens is 220 g/mol. The highest BCUT2D eigenvalue weighted by atomic mass is 16.2. The van der Waals surface area contributed by atoms with E-state index >= 15 is 0 Å². The Balaban J connectivity index is 2.82. The third-order valence-electron chi connectivity index (χ3n) is 2.39. The van der Waals surface area contributed by atoms with E-state index < -0.39 is 5.69 Å². The van der Waals surface area contributed by atoms with E-state index in [2.05, 4.69) is 23.1 Å². The van der Waals surface area contributed by atoms with Crippen LogP contribution in [0.4, 0.5) is 0 Å². The first kappa shape index (κ1) is 11.1. The van der Waals surface area contributed by atoms with Crippen LogP contribution in [0.1, 0.15) is 0 Å². The highest BCUT2D eigenvalue weighted by Gasteiger charge is 2.11. The van der Waals surface area contributed by atoms with Gasteiger partial charge in [0, 0.05) is 13.1 Å². The van der Waals surface area contributed by atoms with Crippen LogP contribution in [0.15, 0.2) is 41.2 Å². The summed E-state index contributed by atoms with van der Waals surface area (Å²) in [5.41, 5.74) is -0.192. The minimum atomic E-state index is -0.480. The van der Waals surface area contributed by atoms with Crippen molar-refractivity contribution >= 4 is 11.2 Å². The Morgan fingerprint density at radius 2 is 2.00 bits per heavy atom. The van der Waals surface area contributed by atoms with Crippen LogP contribution in [-0.4, -0.2) is 19.1 Å². The van der Waals surface area contributed by atoms with Crippen molar-refractivity contribution in [2.75, 3.05) is 0 Å². The third kappa shape index (κ3) is 1.73.